The van der Waals surface area contributed by atoms with Crippen molar-refractivity contribution >= 4 is 11.9 Å². The number of hydrogen-bond donors (Lipinski definition) is 2. The lowest BCUT2D eigenvalue weighted by Crippen LogP contribution is -2.33. The molecule has 1 saturated carbocycles. The molecule has 142 valence electrons. The molecule has 0 aromatic heterocycles. The number of fused-ring (bicyclic) bond motifs is 2. The number of nitrogens with zero attached hydrogens (tertiary/aromatic N) is 1. The first-order valence-corrected chi connectivity index (χ1v) is 9.23. The third-order valence-corrected chi connectivity index (χ3v) is 5.50. The molecule has 1 aliphatic carbocycles. The van der Waals surface area contributed by atoms with Gasteiger partial charge in [-0.05, 0) is 63.5 Å². The maximum atomic E-state index is 9.10. The molecule has 3 rings (SSSR count). The molecular weight excluding hydrogens is 330 g/mol. The lowest BCUT2D eigenvalue weighted by molar-refractivity contribution is -0.159. The summed E-state index contributed by atoms with van der Waals surface area (Å²) in [6.45, 7) is 6.85. The molecule has 5 heteroatoms. The quantitative estimate of drug-likeness (QED) is 0.636. The predicted octanol–water partition coefficient (Wildman–Crippen LogP) is 3.69. The highest BCUT2D eigenvalue weighted by atomic mass is 16.4. The summed E-state index contributed by atoms with van der Waals surface area (Å²) in [5, 5.41) is 14.8. The van der Waals surface area contributed by atoms with Crippen LogP contribution in [0.25, 0.3) is 0 Å². The number of allylic oxidation sites excluding steroid dienone is 1. The number of hydrogen-bond acceptors (Lipinski definition) is 3. The molecule has 0 amide bonds. The largest absolute Gasteiger partial charge is 0.473 e. The van der Waals surface area contributed by atoms with Crippen LogP contribution in [0.5, 0.6) is 0 Å². The molecule has 1 aromatic carbocycles. The average molecular weight is 359 g/mol. The molecule has 2 N–H and O–H groups in total. The van der Waals surface area contributed by atoms with Crippen LogP contribution in [-0.4, -0.2) is 46.2 Å². The predicted molar refractivity (Wildman–Crippen MR) is 101 cm³/mol. The fourth-order valence-electron chi connectivity index (χ4n) is 4.18. The van der Waals surface area contributed by atoms with E-state index in [4.69, 9.17) is 19.8 Å². The zero-order valence-electron chi connectivity index (χ0n) is 15.6. The topological polar surface area (TPSA) is 77.8 Å². The smallest absolute Gasteiger partial charge is 0.414 e. The molecule has 26 heavy (non-hydrogen) atoms. The van der Waals surface area contributed by atoms with Crippen molar-refractivity contribution < 1.29 is 19.8 Å². The van der Waals surface area contributed by atoms with Crippen LogP contribution in [0.1, 0.15) is 51.5 Å². The highest BCUT2D eigenvalue weighted by Gasteiger charge is 2.43. The van der Waals surface area contributed by atoms with Crippen molar-refractivity contribution in [3.8, 4) is 0 Å². The number of aliphatic carboxylic acids is 2. The number of likely N-dealkylation sites (tertiary alicyclic amines) is 1. The Morgan fingerprint density at radius 1 is 1.15 bits per heavy atom. The Hall–Kier alpha value is -2.14. The molecule has 2 bridgehead atoms. The second-order valence-electron chi connectivity index (χ2n) is 7.53. The first-order valence-electron chi connectivity index (χ1n) is 9.23. The zero-order chi connectivity index (χ0) is 19.2. The van der Waals surface area contributed by atoms with Gasteiger partial charge < -0.3 is 10.2 Å². The van der Waals surface area contributed by atoms with Crippen molar-refractivity contribution in [2.75, 3.05) is 13.1 Å². The van der Waals surface area contributed by atoms with Crippen molar-refractivity contribution in [3.05, 3.63) is 47.5 Å². The van der Waals surface area contributed by atoms with Gasteiger partial charge in [0.2, 0.25) is 0 Å². The van der Waals surface area contributed by atoms with E-state index in [2.05, 4.69) is 55.2 Å². The van der Waals surface area contributed by atoms with Gasteiger partial charge in [-0.1, -0.05) is 42.0 Å². The van der Waals surface area contributed by atoms with E-state index in [1.807, 2.05) is 0 Å². The van der Waals surface area contributed by atoms with Crippen LogP contribution in [0, 0.1) is 0 Å². The van der Waals surface area contributed by atoms with Gasteiger partial charge in [-0.3, -0.25) is 4.90 Å². The van der Waals surface area contributed by atoms with Gasteiger partial charge in [0, 0.05) is 12.6 Å². The Morgan fingerprint density at radius 2 is 1.81 bits per heavy atom. The summed E-state index contributed by atoms with van der Waals surface area (Å²) in [5.74, 6) is -3.65. The Morgan fingerprint density at radius 3 is 2.38 bits per heavy atom. The number of carbonyl (C=O) groups is 2. The molecule has 1 aromatic rings. The van der Waals surface area contributed by atoms with E-state index in [-0.39, 0.29) is 0 Å². The fraction of sp³-hybridized carbons (Fsp3) is 0.524. The Kier molecular flexibility index (Phi) is 6.98. The summed E-state index contributed by atoms with van der Waals surface area (Å²) in [6, 6.07) is 12.1. The lowest BCUT2D eigenvalue weighted by atomic mass is 9.75. The second kappa shape index (κ2) is 8.99. The zero-order valence-corrected chi connectivity index (χ0v) is 15.6. The third-order valence-electron chi connectivity index (χ3n) is 5.50. The summed E-state index contributed by atoms with van der Waals surface area (Å²) in [7, 11) is 0. The van der Waals surface area contributed by atoms with Gasteiger partial charge in [0.25, 0.3) is 0 Å². The summed E-state index contributed by atoms with van der Waals surface area (Å²) in [6.07, 6.45) is 9.25. The van der Waals surface area contributed by atoms with Crippen molar-refractivity contribution in [2.24, 2.45) is 0 Å². The molecular formula is C21H29NO4. The standard InChI is InChI=1S/C19H27N.C2H2O4/c1-16(2)10-14-20-13-6-11-19(12-9-18(20)15-19)17-7-4-3-5-8-17;3-1(4)2(5)6/h3-5,7-8,10,18H,6,9,11-15H2,1-2H3;(H,3,4)(H,5,6). The minimum Gasteiger partial charge on any atom is -0.473 e. The Balaban J connectivity index is 0.000000352. The van der Waals surface area contributed by atoms with Gasteiger partial charge in [0.15, 0.2) is 0 Å². The first-order chi connectivity index (χ1) is 12.3. The minimum atomic E-state index is -1.82. The number of carboxylic acids is 2. The maximum absolute atomic E-state index is 9.10. The molecule has 5 nitrogen and oxygen atoms in total. The van der Waals surface area contributed by atoms with E-state index in [0.29, 0.717) is 5.41 Å². The maximum Gasteiger partial charge on any atom is 0.414 e. The van der Waals surface area contributed by atoms with E-state index in [1.165, 1.54) is 44.2 Å². The molecule has 1 heterocycles. The van der Waals surface area contributed by atoms with E-state index >= 15 is 0 Å². The van der Waals surface area contributed by atoms with E-state index in [0.717, 1.165) is 12.6 Å². The van der Waals surface area contributed by atoms with Crippen LogP contribution < -0.4 is 0 Å². The van der Waals surface area contributed by atoms with Crippen molar-refractivity contribution in [2.45, 2.75) is 57.4 Å². The van der Waals surface area contributed by atoms with E-state index in [9.17, 15) is 0 Å². The molecule has 0 spiro atoms. The molecule has 1 saturated heterocycles. The average Bonchev–Trinajstić information content (AvgIpc) is 2.94. The van der Waals surface area contributed by atoms with Crippen LogP contribution in [0.2, 0.25) is 0 Å². The first kappa shape index (κ1) is 20.2. The van der Waals surface area contributed by atoms with Crippen LogP contribution in [0.15, 0.2) is 42.0 Å². The molecule has 2 unspecified atom stereocenters. The van der Waals surface area contributed by atoms with Gasteiger partial charge in [-0.15, -0.1) is 0 Å². The Bertz CT molecular complexity index is 639. The second-order valence-corrected chi connectivity index (χ2v) is 7.53. The van der Waals surface area contributed by atoms with Crippen LogP contribution >= 0.6 is 0 Å². The fourth-order valence-corrected chi connectivity index (χ4v) is 4.18. The van der Waals surface area contributed by atoms with E-state index < -0.39 is 11.9 Å². The highest BCUT2D eigenvalue weighted by molar-refractivity contribution is 6.27. The van der Waals surface area contributed by atoms with Gasteiger partial charge in [0.1, 0.15) is 0 Å². The monoisotopic (exact) mass is 359 g/mol. The molecule has 2 aliphatic rings. The van der Waals surface area contributed by atoms with Gasteiger partial charge >= 0.3 is 11.9 Å². The minimum absolute atomic E-state index is 0.478. The molecule has 1 aliphatic heterocycles. The molecule has 2 fully saturated rings. The normalized spacial score (nSPS) is 24.8. The summed E-state index contributed by atoms with van der Waals surface area (Å²) >= 11 is 0. The number of carboxylic acid groups (broad SMARTS) is 2. The number of benzene rings is 1. The van der Waals surface area contributed by atoms with E-state index in [1.54, 1.807) is 5.56 Å². The van der Waals surface area contributed by atoms with Crippen molar-refractivity contribution in [1.82, 2.24) is 4.90 Å². The summed E-state index contributed by atoms with van der Waals surface area (Å²) in [5.41, 5.74) is 3.51. The van der Waals surface area contributed by atoms with Crippen LogP contribution in [0.3, 0.4) is 0 Å². The van der Waals surface area contributed by atoms with Crippen molar-refractivity contribution in [1.29, 1.82) is 0 Å². The third kappa shape index (κ3) is 5.18. The highest BCUT2D eigenvalue weighted by Crippen LogP contribution is 2.48. The van der Waals surface area contributed by atoms with Crippen LogP contribution in [0.4, 0.5) is 0 Å². The lowest BCUT2D eigenvalue weighted by Gasteiger charge is -2.28. The van der Waals surface area contributed by atoms with Gasteiger partial charge in [-0.25, -0.2) is 9.59 Å². The van der Waals surface area contributed by atoms with Crippen molar-refractivity contribution in [3.63, 3.8) is 0 Å². The molecule has 2 atom stereocenters. The van der Waals surface area contributed by atoms with Crippen LogP contribution in [-0.2, 0) is 15.0 Å². The van der Waals surface area contributed by atoms with Gasteiger partial charge in [0.05, 0.1) is 0 Å². The Labute approximate surface area is 155 Å². The SMILES string of the molecule is CC(C)=CCN1CCCC2(c3ccccc3)CCC1C2.O=C(O)C(=O)O. The number of rotatable bonds is 3. The summed E-state index contributed by atoms with van der Waals surface area (Å²) in [4.78, 5) is 20.9. The van der Waals surface area contributed by atoms with Gasteiger partial charge in [-0.2, -0.15) is 0 Å². The molecule has 0 radical (unpaired) electrons. The summed E-state index contributed by atoms with van der Waals surface area (Å²) < 4.78 is 0.